The molecular formula is C22H15ClN6O. The number of aromatic nitrogens is 4. The molecule has 0 aliphatic rings. The molecule has 0 spiro atoms. The summed E-state index contributed by atoms with van der Waals surface area (Å²) in [5.74, 6) is 0.360. The van der Waals surface area contributed by atoms with Crippen LogP contribution in [0.4, 0.5) is 0 Å². The number of nitrogens with zero attached hydrogens (tertiary/aromatic N) is 5. The summed E-state index contributed by atoms with van der Waals surface area (Å²) in [6.45, 7) is 2.00. The maximum Gasteiger partial charge on any atom is 0.324 e. The quantitative estimate of drug-likeness (QED) is 0.506. The van der Waals surface area contributed by atoms with Crippen LogP contribution in [0, 0.1) is 22.7 Å². The topological polar surface area (TPSA) is 111 Å². The molecule has 0 fully saturated rings. The van der Waals surface area contributed by atoms with Gasteiger partial charge < -0.3 is 9.72 Å². The summed E-state index contributed by atoms with van der Waals surface area (Å²) >= 11 is 6.59. The van der Waals surface area contributed by atoms with Gasteiger partial charge >= 0.3 is 6.01 Å². The van der Waals surface area contributed by atoms with Crippen molar-refractivity contribution in [2.24, 2.45) is 0 Å². The summed E-state index contributed by atoms with van der Waals surface area (Å²) < 4.78 is 5.78. The standard InChI is InChI=1S/C22H15ClN6O/c1-2-17-20(23)19-18(8-13-4-3-5-14(6-13)9-24)28-22(29-21(19)27-17)30-16-7-15(10-25)11-26-12-16/h3-7,11-12H,2,8H2,1H3,(H,27,28,29). The molecule has 0 aliphatic heterocycles. The Kier molecular flexibility index (Phi) is 5.30. The maximum absolute atomic E-state index is 9.18. The van der Waals surface area contributed by atoms with Gasteiger partial charge in [0.2, 0.25) is 0 Å². The molecule has 146 valence electrons. The molecule has 3 aromatic heterocycles. The summed E-state index contributed by atoms with van der Waals surface area (Å²) in [6, 6.07) is 13.2. The SMILES string of the molecule is CCc1[nH]c2nc(Oc3cncc(C#N)c3)nc(Cc3cccc(C#N)c3)c2c1Cl. The van der Waals surface area contributed by atoms with Crippen LogP contribution in [0.5, 0.6) is 11.8 Å². The average molecular weight is 415 g/mol. The predicted octanol–water partition coefficient (Wildman–Crippen LogP) is 4.70. The highest BCUT2D eigenvalue weighted by molar-refractivity contribution is 6.36. The lowest BCUT2D eigenvalue weighted by atomic mass is 10.1. The lowest BCUT2D eigenvalue weighted by Crippen LogP contribution is -2.00. The summed E-state index contributed by atoms with van der Waals surface area (Å²) in [4.78, 5) is 16.3. The first-order valence-corrected chi connectivity index (χ1v) is 9.58. The van der Waals surface area contributed by atoms with Gasteiger partial charge in [-0.1, -0.05) is 30.7 Å². The molecule has 0 aliphatic carbocycles. The van der Waals surface area contributed by atoms with Crippen LogP contribution in [0.25, 0.3) is 11.0 Å². The van der Waals surface area contributed by atoms with Crippen LogP contribution in [-0.4, -0.2) is 19.9 Å². The van der Waals surface area contributed by atoms with E-state index in [0.717, 1.165) is 16.6 Å². The van der Waals surface area contributed by atoms with Crippen molar-refractivity contribution in [2.75, 3.05) is 0 Å². The van der Waals surface area contributed by atoms with E-state index < -0.39 is 0 Å². The van der Waals surface area contributed by atoms with Gasteiger partial charge in [0.25, 0.3) is 0 Å². The molecule has 0 saturated carbocycles. The van der Waals surface area contributed by atoms with Crippen LogP contribution < -0.4 is 4.74 Å². The van der Waals surface area contributed by atoms with Crippen molar-refractivity contribution >= 4 is 22.6 Å². The third kappa shape index (κ3) is 3.80. The second kappa shape index (κ2) is 8.20. The summed E-state index contributed by atoms with van der Waals surface area (Å²) in [5, 5.41) is 19.6. The van der Waals surface area contributed by atoms with Crippen LogP contribution >= 0.6 is 11.6 Å². The number of halogens is 1. The highest BCUT2D eigenvalue weighted by Gasteiger charge is 2.18. The molecule has 0 bridgehead atoms. The van der Waals surface area contributed by atoms with E-state index in [1.807, 2.05) is 31.2 Å². The molecule has 1 aromatic carbocycles. The van der Waals surface area contributed by atoms with Gasteiger partial charge in [0.1, 0.15) is 11.7 Å². The van der Waals surface area contributed by atoms with Gasteiger partial charge in [0.05, 0.1) is 39.5 Å². The first-order chi connectivity index (χ1) is 14.6. The number of H-pyrrole nitrogens is 1. The number of fused-ring (bicyclic) bond motifs is 1. The first-order valence-electron chi connectivity index (χ1n) is 9.20. The lowest BCUT2D eigenvalue weighted by Gasteiger charge is -2.08. The lowest BCUT2D eigenvalue weighted by molar-refractivity contribution is 0.440. The van der Waals surface area contributed by atoms with E-state index >= 15 is 0 Å². The molecule has 3 heterocycles. The second-order valence-electron chi connectivity index (χ2n) is 6.56. The Bertz CT molecular complexity index is 1330. The molecule has 4 rings (SSSR count). The fraction of sp³-hybridized carbons (Fsp3) is 0.136. The molecule has 0 radical (unpaired) electrons. The molecule has 30 heavy (non-hydrogen) atoms. The van der Waals surface area contributed by atoms with Crippen molar-refractivity contribution in [3.05, 3.63) is 75.8 Å². The van der Waals surface area contributed by atoms with Gasteiger partial charge in [0.15, 0.2) is 5.75 Å². The molecule has 1 N–H and O–H groups in total. The number of hydrogen-bond donors (Lipinski definition) is 1. The Hall–Kier alpha value is -3.94. The number of nitrogens with one attached hydrogen (secondary N) is 1. The van der Waals surface area contributed by atoms with E-state index in [2.05, 4.69) is 26.0 Å². The fourth-order valence-electron chi connectivity index (χ4n) is 3.16. The highest BCUT2D eigenvalue weighted by atomic mass is 35.5. The Labute approximate surface area is 177 Å². The molecule has 0 unspecified atom stereocenters. The van der Waals surface area contributed by atoms with Crippen molar-refractivity contribution in [1.82, 2.24) is 19.9 Å². The van der Waals surface area contributed by atoms with E-state index in [0.29, 0.717) is 46.1 Å². The minimum absolute atomic E-state index is 0.117. The van der Waals surface area contributed by atoms with Crippen LogP contribution in [-0.2, 0) is 12.8 Å². The molecule has 4 aromatic rings. The normalized spacial score (nSPS) is 10.5. The van der Waals surface area contributed by atoms with E-state index in [1.165, 1.54) is 12.4 Å². The third-order valence-corrected chi connectivity index (χ3v) is 4.97. The first kappa shape index (κ1) is 19.4. The largest absolute Gasteiger partial charge is 0.423 e. The zero-order valence-corrected chi connectivity index (χ0v) is 16.7. The van der Waals surface area contributed by atoms with Gasteiger partial charge in [0, 0.05) is 24.4 Å². The number of ether oxygens (including phenoxy) is 1. The smallest absolute Gasteiger partial charge is 0.324 e. The Morgan fingerprint density at radius 2 is 1.93 bits per heavy atom. The van der Waals surface area contributed by atoms with Crippen molar-refractivity contribution in [2.45, 2.75) is 19.8 Å². The van der Waals surface area contributed by atoms with Crippen LogP contribution in [0.15, 0.2) is 42.7 Å². The number of nitriles is 2. The van der Waals surface area contributed by atoms with Crippen LogP contribution in [0.3, 0.4) is 0 Å². The molecule has 0 amide bonds. The second-order valence-corrected chi connectivity index (χ2v) is 6.94. The van der Waals surface area contributed by atoms with Crippen LogP contribution in [0.2, 0.25) is 5.02 Å². The van der Waals surface area contributed by atoms with Gasteiger partial charge in [-0.3, -0.25) is 4.98 Å². The van der Waals surface area contributed by atoms with E-state index in [9.17, 15) is 5.26 Å². The molecular weight excluding hydrogens is 400 g/mol. The molecule has 7 nitrogen and oxygen atoms in total. The Morgan fingerprint density at radius 1 is 1.10 bits per heavy atom. The van der Waals surface area contributed by atoms with Crippen LogP contribution in [0.1, 0.15) is 35.0 Å². The van der Waals surface area contributed by atoms with Gasteiger partial charge in [-0.15, -0.1) is 0 Å². The highest BCUT2D eigenvalue weighted by Crippen LogP contribution is 2.32. The van der Waals surface area contributed by atoms with Crippen molar-refractivity contribution < 1.29 is 4.74 Å². The van der Waals surface area contributed by atoms with Crippen molar-refractivity contribution in [3.8, 4) is 23.9 Å². The van der Waals surface area contributed by atoms with Crippen molar-refractivity contribution in [1.29, 1.82) is 10.5 Å². The number of rotatable bonds is 5. The van der Waals surface area contributed by atoms with Gasteiger partial charge in [-0.05, 0) is 24.1 Å². The van der Waals surface area contributed by atoms with Gasteiger partial charge in [-0.25, -0.2) is 0 Å². The maximum atomic E-state index is 9.18. The summed E-state index contributed by atoms with van der Waals surface area (Å²) in [6.07, 6.45) is 4.09. The molecule has 0 atom stereocenters. The monoisotopic (exact) mass is 414 g/mol. The van der Waals surface area contributed by atoms with E-state index in [-0.39, 0.29) is 6.01 Å². The van der Waals surface area contributed by atoms with E-state index in [1.54, 1.807) is 12.1 Å². The molecule has 0 saturated heterocycles. The number of pyridine rings is 1. The Balaban J connectivity index is 1.80. The number of aryl methyl sites for hydroxylation is 1. The van der Waals surface area contributed by atoms with E-state index in [4.69, 9.17) is 21.6 Å². The summed E-state index contributed by atoms with van der Waals surface area (Å²) in [5.41, 5.74) is 3.97. The minimum atomic E-state index is 0.117. The summed E-state index contributed by atoms with van der Waals surface area (Å²) in [7, 11) is 0. The number of benzene rings is 1. The third-order valence-electron chi connectivity index (χ3n) is 4.55. The van der Waals surface area contributed by atoms with Crippen molar-refractivity contribution in [3.63, 3.8) is 0 Å². The zero-order valence-electron chi connectivity index (χ0n) is 16.0. The predicted molar refractivity (Wildman–Crippen MR) is 111 cm³/mol. The average Bonchev–Trinajstić information content (AvgIpc) is 3.09. The number of aromatic amines is 1. The number of hydrogen-bond acceptors (Lipinski definition) is 6. The minimum Gasteiger partial charge on any atom is -0.423 e. The Morgan fingerprint density at radius 3 is 2.70 bits per heavy atom. The zero-order chi connectivity index (χ0) is 21.1. The molecule has 8 heteroatoms. The fourth-order valence-corrected chi connectivity index (χ4v) is 3.54. The van der Waals surface area contributed by atoms with Gasteiger partial charge in [-0.2, -0.15) is 20.5 Å².